The second-order valence-electron chi connectivity index (χ2n) is 12.2. The van der Waals surface area contributed by atoms with Crippen LogP contribution in [0.15, 0.2) is 0 Å². The second kappa shape index (κ2) is 16.8. The standard InChI is InChI=1S/C27H47NO20/c1-7-14(34)18(38)22(11(5-31)42-7)47-27-21(41)19(39)23(12(6-32)45-27)46-25-13(28-8(2)33)24(16(36)10(4-30)43-25)48-26-20(40)17(37)15(35)9(3-29)44-26/h7,9-27,29-32,34-41H,3-6H2,1-2H3,(H,28,33)/t7?,9?,10?,11?,12?,13?,14?,15-,16-,17-,18+,19+,20?,21?,22+,23-,24+,25-,26-,27-/m0/s1. The molecule has 0 bridgehead atoms. The van der Waals surface area contributed by atoms with Gasteiger partial charge in [-0.2, -0.15) is 0 Å². The van der Waals surface area contributed by atoms with Gasteiger partial charge in [-0.25, -0.2) is 0 Å². The first-order valence-corrected chi connectivity index (χ1v) is 15.4. The summed E-state index contributed by atoms with van der Waals surface area (Å²) in [6, 6.07) is -1.55. The average Bonchev–Trinajstić information content (AvgIpc) is 3.06. The molecule has 21 heteroatoms. The molecule has 280 valence electrons. The Kier molecular flexibility index (Phi) is 13.8. The molecule has 0 saturated carbocycles. The summed E-state index contributed by atoms with van der Waals surface area (Å²) in [5, 5.41) is 127. The highest BCUT2D eigenvalue weighted by Crippen LogP contribution is 2.34. The quantitative estimate of drug-likeness (QED) is 0.0949. The Morgan fingerprint density at radius 1 is 0.521 bits per heavy atom. The second-order valence-corrected chi connectivity index (χ2v) is 12.2. The monoisotopic (exact) mass is 705 g/mol. The SMILES string of the molecule is CC(=O)NC1[C@H](O[C@H]2C(CO)O[C@@H](O[C@@H]3C(CO)OC(C)C(O)[C@H]3O)C(O)[C@H]2O)OC(CO)[C@H](O)[C@@H]1O[C@@H]1OC(CO)[C@H](O)[C@H](O)C1O. The first-order valence-electron chi connectivity index (χ1n) is 15.4. The Labute approximate surface area is 273 Å². The van der Waals surface area contributed by atoms with E-state index in [1.165, 1.54) is 6.92 Å². The molecule has 20 atom stereocenters. The minimum Gasteiger partial charge on any atom is -0.394 e. The van der Waals surface area contributed by atoms with Crippen LogP contribution in [-0.4, -0.2) is 216 Å². The van der Waals surface area contributed by atoms with Crippen molar-refractivity contribution in [3.05, 3.63) is 0 Å². The third kappa shape index (κ3) is 8.10. The molecule has 4 heterocycles. The number of amides is 1. The summed E-state index contributed by atoms with van der Waals surface area (Å²) in [5.74, 6) is -0.731. The average molecular weight is 706 g/mol. The molecule has 48 heavy (non-hydrogen) atoms. The summed E-state index contributed by atoms with van der Waals surface area (Å²) in [6.07, 6.45) is -30.9. The van der Waals surface area contributed by atoms with Crippen LogP contribution in [0.4, 0.5) is 0 Å². The van der Waals surface area contributed by atoms with E-state index in [0.29, 0.717) is 0 Å². The molecule has 4 saturated heterocycles. The van der Waals surface area contributed by atoms with Crippen molar-refractivity contribution in [2.75, 3.05) is 26.4 Å². The fraction of sp³-hybridized carbons (Fsp3) is 0.963. The van der Waals surface area contributed by atoms with Gasteiger partial charge in [0, 0.05) is 6.92 Å². The highest BCUT2D eigenvalue weighted by molar-refractivity contribution is 5.73. The van der Waals surface area contributed by atoms with Gasteiger partial charge in [0.25, 0.3) is 0 Å². The largest absolute Gasteiger partial charge is 0.394 e. The number of aliphatic hydroxyl groups is 12. The molecule has 0 aromatic heterocycles. The molecular weight excluding hydrogens is 658 g/mol. The van der Waals surface area contributed by atoms with Gasteiger partial charge in [0.2, 0.25) is 5.91 Å². The summed E-state index contributed by atoms with van der Waals surface area (Å²) in [7, 11) is 0. The molecule has 1 amide bonds. The van der Waals surface area contributed by atoms with Crippen molar-refractivity contribution < 1.29 is 99.2 Å². The third-order valence-electron chi connectivity index (χ3n) is 8.87. The van der Waals surface area contributed by atoms with Crippen LogP contribution in [0.1, 0.15) is 13.8 Å². The fourth-order valence-corrected chi connectivity index (χ4v) is 6.15. The number of carbonyl (C=O) groups is 1. The zero-order valence-corrected chi connectivity index (χ0v) is 26.0. The maximum Gasteiger partial charge on any atom is 0.217 e. The van der Waals surface area contributed by atoms with Crippen LogP contribution in [-0.2, 0) is 38.0 Å². The molecule has 0 aromatic carbocycles. The van der Waals surface area contributed by atoms with Crippen molar-refractivity contribution in [1.82, 2.24) is 5.32 Å². The van der Waals surface area contributed by atoms with Crippen LogP contribution in [0.3, 0.4) is 0 Å². The van der Waals surface area contributed by atoms with E-state index in [2.05, 4.69) is 5.32 Å². The third-order valence-corrected chi connectivity index (χ3v) is 8.87. The Morgan fingerprint density at radius 3 is 1.48 bits per heavy atom. The van der Waals surface area contributed by atoms with Gasteiger partial charge < -0.3 is 99.8 Å². The van der Waals surface area contributed by atoms with Gasteiger partial charge in [0.1, 0.15) is 97.6 Å². The molecule has 0 spiro atoms. The number of nitrogens with one attached hydrogen (secondary N) is 1. The summed E-state index contributed by atoms with van der Waals surface area (Å²) in [5.41, 5.74) is 0. The van der Waals surface area contributed by atoms with Gasteiger partial charge in [0.15, 0.2) is 18.9 Å². The lowest BCUT2D eigenvalue weighted by atomic mass is 9.94. The summed E-state index contributed by atoms with van der Waals surface area (Å²) >= 11 is 0. The predicted octanol–water partition coefficient (Wildman–Crippen LogP) is -8.53. The van der Waals surface area contributed by atoms with E-state index in [9.17, 15) is 66.1 Å². The molecule has 4 fully saturated rings. The van der Waals surface area contributed by atoms with E-state index in [4.69, 9.17) is 33.2 Å². The number of carbonyl (C=O) groups excluding carboxylic acids is 1. The lowest BCUT2D eigenvalue weighted by Crippen LogP contribution is -2.70. The fourth-order valence-electron chi connectivity index (χ4n) is 6.15. The minimum atomic E-state index is -1.97. The highest BCUT2D eigenvalue weighted by Gasteiger charge is 2.55. The van der Waals surface area contributed by atoms with Crippen LogP contribution < -0.4 is 5.32 Å². The number of rotatable bonds is 11. The zero-order chi connectivity index (χ0) is 35.6. The predicted molar refractivity (Wildman–Crippen MR) is 149 cm³/mol. The number of aliphatic hydroxyl groups excluding tert-OH is 12. The Morgan fingerprint density at radius 2 is 0.938 bits per heavy atom. The Balaban J connectivity index is 1.56. The topological polar surface area (TPSA) is 336 Å². The number of ether oxygens (including phenoxy) is 7. The van der Waals surface area contributed by atoms with Crippen LogP contribution in [0.25, 0.3) is 0 Å². The molecule has 13 N–H and O–H groups in total. The van der Waals surface area contributed by atoms with E-state index in [0.717, 1.165) is 6.92 Å². The van der Waals surface area contributed by atoms with E-state index in [-0.39, 0.29) is 0 Å². The van der Waals surface area contributed by atoms with Gasteiger partial charge in [-0.1, -0.05) is 0 Å². The van der Waals surface area contributed by atoms with Gasteiger partial charge >= 0.3 is 0 Å². The molecule has 9 unspecified atom stereocenters. The van der Waals surface area contributed by atoms with Crippen LogP contribution in [0.5, 0.6) is 0 Å². The Hall–Kier alpha value is -1.29. The van der Waals surface area contributed by atoms with Gasteiger partial charge in [-0.05, 0) is 6.92 Å². The lowest BCUT2D eigenvalue weighted by Gasteiger charge is -2.50. The van der Waals surface area contributed by atoms with Crippen molar-refractivity contribution >= 4 is 5.91 Å². The molecular formula is C27H47NO20. The van der Waals surface area contributed by atoms with Crippen LogP contribution in [0, 0.1) is 0 Å². The van der Waals surface area contributed by atoms with E-state index in [1.54, 1.807) is 0 Å². The van der Waals surface area contributed by atoms with E-state index >= 15 is 0 Å². The van der Waals surface area contributed by atoms with Crippen LogP contribution >= 0.6 is 0 Å². The summed E-state index contributed by atoms with van der Waals surface area (Å²) in [6.45, 7) is -0.677. The van der Waals surface area contributed by atoms with Crippen molar-refractivity contribution in [3.8, 4) is 0 Å². The molecule has 4 aliphatic rings. The van der Waals surface area contributed by atoms with Gasteiger partial charge in [0.05, 0.1) is 32.5 Å². The van der Waals surface area contributed by atoms with Crippen LogP contribution in [0.2, 0.25) is 0 Å². The summed E-state index contributed by atoms with van der Waals surface area (Å²) in [4.78, 5) is 12.3. The maximum absolute atomic E-state index is 12.3. The molecule has 0 aliphatic carbocycles. The van der Waals surface area contributed by atoms with Crippen molar-refractivity contribution in [3.63, 3.8) is 0 Å². The van der Waals surface area contributed by atoms with Crippen molar-refractivity contribution in [1.29, 1.82) is 0 Å². The molecule has 0 radical (unpaired) electrons. The van der Waals surface area contributed by atoms with Gasteiger partial charge in [-0.15, -0.1) is 0 Å². The minimum absolute atomic E-state index is 0.660. The van der Waals surface area contributed by atoms with Crippen molar-refractivity contribution in [2.24, 2.45) is 0 Å². The lowest BCUT2D eigenvalue weighted by molar-refractivity contribution is -0.374. The molecule has 4 aliphatic heterocycles. The number of hydrogen-bond acceptors (Lipinski definition) is 20. The highest BCUT2D eigenvalue weighted by atomic mass is 16.8. The number of hydrogen-bond donors (Lipinski definition) is 13. The summed E-state index contributed by atoms with van der Waals surface area (Å²) < 4.78 is 39.4. The molecule has 21 nitrogen and oxygen atoms in total. The Bertz CT molecular complexity index is 1020. The van der Waals surface area contributed by atoms with Crippen molar-refractivity contribution in [2.45, 2.75) is 136 Å². The smallest absolute Gasteiger partial charge is 0.217 e. The zero-order valence-electron chi connectivity index (χ0n) is 26.0. The molecule has 0 aromatic rings. The van der Waals surface area contributed by atoms with E-state index < -0.39 is 155 Å². The first kappa shape index (κ1) is 39.5. The van der Waals surface area contributed by atoms with Gasteiger partial charge in [-0.3, -0.25) is 4.79 Å². The normalized spacial score (nSPS) is 50.2. The first-order chi connectivity index (χ1) is 22.7. The maximum atomic E-state index is 12.3. The molecule has 4 rings (SSSR count). The van der Waals surface area contributed by atoms with E-state index in [1.807, 2.05) is 0 Å².